The molecule has 11 heteroatoms. The molecule has 1 aliphatic heterocycles. The molecule has 3 heterocycles. The predicted octanol–water partition coefficient (Wildman–Crippen LogP) is 2.39. The highest BCUT2D eigenvalue weighted by molar-refractivity contribution is 7.99. The Labute approximate surface area is 195 Å². The smallest absolute Gasteiger partial charge is 0.287 e. The van der Waals surface area contributed by atoms with Crippen molar-refractivity contribution in [3.63, 3.8) is 0 Å². The summed E-state index contributed by atoms with van der Waals surface area (Å²) in [4.78, 5) is 26.8. The van der Waals surface area contributed by atoms with Gasteiger partial charge in [-0.15, -0.1) is 10.2 Å². The van der Waals surface area contributed by atoms with Crippen LogP contribution in [-0.2, 0) is 22.6 Å². The van der Waals surface area contributed by atoms with E-state index < -0.39 is 0 Å². The van der Waals surface area contributed by atoms with Gasteiger partial charge in [-0.2, -0.15) is 0 Å². The molecule has 0 aliphatic carbocycles. The second-order valence-electron chi connectivity index (χ2n) is 7.29. The van der Waals surface area contributed by atoms with Crippen molar-refractivity contribution in [2.75, 3.05) is 42.3 Å². The Hall–Kier alpha value is -3.31. The molecule has 2 N–H and O–H groups in total. The van der Waals surface area contributed by atoms with Crippen LogP contribution in [0.4, 0.5) is 11.4 Å². The summed E-state index contributed by atoms with van der Waals surface area (Å²) >= 11 is 1.30. The number of carbonyl (C=O) groups is 2. The molecule has 1 saturated heterocycles. The van der Waals surface area contributed by atoms with Gasteiger partial charge in [-0.25, -0.2) is 0 Å². The molecule has 0 saturated carbocycles. The number of benzene rings is 1. The summed E-state index contributed by atoms with van der Waals surface area (Å²) in [6.45, 7) is 5.99. The molecular weight excluding hydrogens is 444 g/mol. The molecular formula is C22H26N6O4S. The Morgan fingerprint density at radius 3 is 2.61 bits per heavy atom. The van der Waals surface area contributed by atoms with Gasteiger partial charge in [-0.3, -0.25) is 9.59 Å². The number of thioether (sulfide) groups is 1. The first-order valence-corrected chi connectivity index (χ1v) is 11.7. The lowest BCUT2D eigenvalue weighted by Crippen LogP contribution is -2.36. The van der Waals surface area contributed by atoms with Crippen molar-refractivity contribution in [1.82, 2.24) is 20.1 Å². The summed E-state index contributed by atoms with van der Waals surface area (Å²) in [5.41, 5.74) is 1.87. The molecule has 1 aromatic carbocycles. The zero-order chi connectivity index (χ0) is 23.0. The number of amides is 2. The lowest BCUT2D eigenvalue weighted by Gasteiger charge is -2.28. The number of anilines is 2. The third-order valence-electron chi connectivity index (χ3n) is 5.12. The maximum absolute atomic E-state index is 12.4. The van der Waals surface area contributed by atoms with Crippen LogP contribution in [0, 0.1) is 0 Å². The van der Waals surface area contributed by atoms with Crippen molar-refractivity contribution in [2.24, 2.45) is 0 Å². The average Bonchev–Trinajstić information content (AvgIpc) is 3.52. The van der Waals surface area contributed by atoms with E-state index in [2.05, 4.69) is 25.7 Å². The quantitative estimate of drug-likeness (QED) is 0.458. The third-order valence-corrected chi connectivity index (χ3v) is 6.09. The normalized spacial score (nSPS) is 13.7. The number of nitrogens with one attached hydrogen (secondary N) is 2. The molecule has 1 aliphatic rings. The van der Waals surface area contributed by atoms with Crippen molar-refractivity contribution in [3.8, 4) is 0 Å². The lowest BCUT2D eigenvalue weighted by molar-refractivity contribution is -0.113. The summed E-state index contributed by atoms with van der Waals surface area (Å²) in [6.07, 6.45) is 1.45. The fraction of sp³-hybridized carbons (Fsp3) is 0.364. The van der Waals surface area contributed by atoms with Crippen LogP contribution in [0.5, 0.6) is 0 Å². The second kappa shape index (κ2) is 11.0. The number of ether oxygens (including phenoxy) is 1. The van der Waals surface area contributed by atoms with Gasteiger partial charge in [0.05, 0.1) is 31.8 Å². The van der Waals surface area contributed by atoms with Gasteiger partial charge in [0.25, 0.3) is 5.91 Å². The molecule has 1 fully saturated rings. The molecule has 10 nitrogen and oxygen atoms in total. The van der Waals surface area contributed by atoms with Crippen molar-refractivity contribution in [3.05, 3.63) is 54.2 Å². The van der Waals surface area contributed by atoms with E-state index in [0.717, 1.165) is 37.7 Å². The van der Waals surface area contributed by atoms with Crippen LogP contribution in [-0.4, -0.2) is 58.6 Å². The first-order valence-electron chi connectivity index (χ1n) is 10.7. The van der Waals surface area contributed by atoms with Crippen LogP contribution < -0.4 is 15.5 Å². The maximum Gasteiger partial charge on any atom is 0.287 e. The monoisotopic (exact) mass is 470 g/mol. The van der Waals surface area contributed by atoms with Crippen LogP contribution in [0.25, 0.3) is 0 Å². The van der Waals surface area contributed by atoms with Crippen molar-refractivity contribution in [2.45, 2.75) is 25.2 Å². The largest absolute Gasteiger partial charge is 0.459 e. The van der Waals surface area contributed by atoms with Crippen molar-refractivity contribution in [1.29, 1.82) is 0 Å². The first kappa shape index (κ1) is 22.9. The van der Waals surface area contributed by atoms with E-state index in [-0.39, 0.29) is 29.9 Å². The van der Waals surface area contributed by atoms with Gasteiger partial charge >= 0.3 is 0 Å². The van der Waals surface area contributed by atoms with E-state index in [0.29, 0.717) is 17.5 Å². The maximum atomic E-state index is 12.4. The Morgan fingerprint density at radius 1 is 1.12 bits per heavy atom. The molecule has 2 aromatic heterocycles. The number of hydrogen-bond donors (Lipinski definition) is 2. The van der Waals surface area contributed by atoms with Crippen LogP contribution in [0.2, 0.25) is 0 Å². The van der Waals surface area contributed by atoms with E-state index in [4.69, 9.17) is 9.15 Å². The standard InChI is InChI=1S/C22H26N6O4S/c1-2-28-19(14-23-21(30)18-4-3-11-32-18)25-26-22(28)33-15-20(29)24-16-5-7-17(8-6-16)27-9-12-31-13-10-27/h3-8,11H,2,9-10,12-15H2,1H3,(H,23,30)(H,24,29). The highest BCUT2D eigenvalue weighted by Crippen LogP contribution is 2.21. The van der Waals surface area contributed by atoms with E-state index in [1.807, 2.05) is 35.8 Å². The molecule has 174 valence electrons. The van der Waals surface area contributed by atoms with E-state index in [1.54, 1.807) is 12.1 Å². The Morgan fingerprint density at radius 2 is 1.91 bits per heavy atom. The second-order valence-corrected chi connectivity index (χ2v) is 8.23. The molecule has 0 spiro atoms. The minimum absolute atomic E-state index is 0.127. The van der Waals surface area contributed by atoms with Crippen LogP contribution in [0.15, 0.2) is 52.2 Å². The van der Waals surface area contributed by atoms with Gasteiger partial charge in [0.15, 0.2) is 16.7 Å². The number of aromatic nitrogens is 3. The summed E-state index contributed by atoms with van der Waals surface area (Å²) in [5.74, 6) is 0.597. The number of furan rings is 1. The predicted molar refractivity (Wildman–Crippen MR) is 124 cm³/mol. The highest BCUT2D eigenvalue weighted by Gasteiger charge is 2.16. The van der Waals surface area contributed by atoms with E-state index >= 15 is 0 Å². The molecule has 0 atom stereocenters. The summed E-state index contributed by atoms with van der Waals surface area (Å²) < 4.78 is 12.3. The fourth-order valence-corrected chi connectivity index (χ4v) is 4.25. The van der Waals surface area contributed by atoms with Gasteiger partial charge in [-0.1, -0.05) is 11.8 Å². The van der Waals surface area contributed by atoms with Crippen LogP contribution in [0.3, 0.4) is 0 Å². The van der Waals surface area contributed by atoms with Gasteiger partial charge in [0.2, 0.25) is 5.91 Å². The fourth-order valence-electron chi connectivity index (χ4n) is 3.43. The summed E-state index contributed by atoms with van der Waals surface area (Å²) in [6, 6.07) is 11.1. The summed E-state index contributed by atoms with van der Waals surface area (Å²) in [5, 5.41) is 14.6. The Kier molecular flexibility index (Phi) is 7.63. The van der Waals surface area contributed by atoms with E-state index in [1.165, 1.54) is 18.0 Å². The van der Waals surface area contributed by atoms with Crippen LogP contribution in [0.1, 0.15) is 23.3 Å². The average molecular weight is 471 g/mol. The minimum atomic E-state index is -0.320. The number of nitrogens with zero attached hydrogens (tertiary/aromatic N) is 4. The number of morpholine rings is 1. The van der Waals surface area contributed by atoms with Crippen molar-refractivity contribution >= 4 is 35.0 Å². The third kappa shape index (κ3) is 5.93. The van der Waals surface area contributed by atoms with Crippen molar-refractivity contribution < 1.29 is 18.7 Å². The zero-order valence-electron chi connectivity index (χ0n) is 18.3. The number of rotatable bonds is 9. The lowest BCUT2D eigenvalue weighted by atomic mass is 10.2. The van der Waals surface area contributed by atoms with Gasteiger partial charge < -0.3 is 29.3 Å². The molecule has 2 amide bonds. The molecule has 3 aromatic rings. The Balaban J connectivity index is 1.27. The van der Waals surface area contributed by atoms with Gasteiger partial charge in [0, 0.05) is 31.0 Å². The first-order chi connectivity index (χ1) is 16.1. The minimum Gasteiger partial charge on any atom is -0.459 e. The Bertz CT molecular complexity index is 1060. The molecule has 33 heavy (non-hydrogen) atoms. The topological polar surface area (TPSA) is 115 Å². The number of hydrogen-bond acceptors (Lipinski definition) is 8. The SMILES string of the molecule is CCn1c(CNC(=O)c2ccco2)nnc1SCC(=O)Nc1ccc(N2CCOCC2)cc1. The van der Waals surface area contributed by atoms with Crippen LogP contribution >= 0.6 is 11.8 Å². The molecule has 4 rings (SSSR count). The zero-order valence-corrected chi connectivity index (χ0v) is 19.1. The molecule has 0 radical (unpaired) electrons. The summed E-state index contributed by atoms with van der Waals surface area (Å²) in [7, 11) is 0. The molecule has 0 bridgehead atoms. The van der Waals surface area contributed by atoms with E-state index in [9.17, 15) is 9.59 Å². The van der Waals surface area contributed by atoms with Gasteiger partial charge in [0.1, 0.15) is 0 Å². The highest BCUT2D eigenvalue weighted by atomic mass is 32.2. The number of carbonyl (C=O) groups excluding carboxylic acids is 2. The van der Waals surface area contributed by atoms with Gasteiger partial charge in [-0.05, 0) is 43.3 Å². The molecule has 0 unspecified atom stereocenters.